The van der Waals surface area contributed by atoms with E-state index in [1.807, 2.05) is 13.8 Å². The quantitative estimate of drug-likeness (QED) is 0.0512. The fraction of sp³-hybridized carbons (Fsp3) is 0.471. The largest absolute Gasteiger partial charge is 0.444 e. The first-order valence-electron chi connectivity index (χ1n) is 20.7. The summed E-state index contributed by atoms with van der Waals surface area (Å²) in [6.45, 7) is 30.1. The fourth-order valence-electron chi connectivity index (χ4n) is 5.49. The van der Waals surface area contributed by atoms with Crippen molar-refractivity contribution in [1.29, 1.82) is 0 Å². The molecule has 6 nitrogen and oxygen atoms in total. The zero-order chi connectivity index (χ0) is 43.8. The summed E-state index contributed by atoms with van der Waals surface area (Å²) in [6.07, 6.45) is 35.3. The summed E-state index contributed by atoms with van der Waals surface area (Å²) in [6, 6.07) is 6.49. The maximum Gasteiger partial charge on any atom is 0.316 e. The number of sulfone groups is 1. The molecule has 0 spiro atoms. The molecule has 0 saturated heterocycles. The maximum atomic E-state index is 11.3. The van der Waals surface area contributed by atoms with E-state index >= 15 is 0 Å². The third-order valence-corrected chi connectivity index (χ3v) is 10.6. The first kappa shape index (κ1) is 53.5. The molecule has 1 heterocycles. The molecule has 318 valence electrons. The fourth-order valence-corrected chi connectivity index (χ4v) is 6.36. The van der Waals surface area contributed by atoms with Gasteiger partial charge >= 0.3 is 5.88 Å². The third-order valence-electron chi connectivity index (χ3n) is 9.12. The number of carbonyl (C=O) groups excluding carboxylic acids is 1. The van der Waals surface area contributed by atoms with Crippen molar-refractivity contribution < 1.29 is 17.6 Å². The van der Waals surface area contributed by atoms with E-state index in [0.29, 0.717) is 0 Å². The number of hydrogen-bond acceptors (Lipinski definition) is 5. The van der Waals surface area contributed by atoms with E-state index in [-0.39, 0.29) is 4.90 Å². The van der Waals surface area contributed by atoms with Gasteiger partial charge in [-0.3, -0.25) is 9.64 Å². The molecule has 0 saturated carbocycles. The van der Waals surface area contributed by atoms with Gasteiger partial charge < -0.3 is 4.42 Å². The van der Waals surface area contributed by atoms with Crippen LogP contribution < -0.4 is 0 Å². The van der Waals surface area contributed by atoms with E-state index in [2.05, 4.69) is 115 Å². The molecule has 0 amide bonds. The third kappa shape index (κ3) is 30.6. The van der Waals surface area contributed by atoms with Crippen LogP contribution in [0.5, 0.6) is 0 Å². The van der Waals surface area contributed by atoms with Crippen molar-refractivity contribution >= 4 is 22.2 Å². The molecule has 0 aliphatic heterocycles. The molecule has 58 heavy (non-hydrogen) atoms. The Labute approximate surface area is 354 Å². The Morgan fingerprint density at radius 2 is 1.02 bits per heavy atom. The van der Waals surface area contributed by atoms with Crippen LogP contribution in [0.25, 0.3) is 10.9 Å². The summed E-state index contributed by atoms with van der Waals surface area (Å²) < 4.78 is 27.9. The minimum absolute atomic E-state index is 0.217. The van der Waals surface area contributed by atoms with Crippen molar-refractivity contribution in [2.75, 3.05) is 5.88 Å². The Morgan fingerprint density at radius 1 is 0.621 bits per heavy atom. The average Bonchev–Trinajstić information content (AvgIpc) is 3.65. The second-order valence-corrected chi connectivity index (χ2v) is 17.7. The van der Waals surface area contributed by atoms with Crippen LogP contribution in [-0.2, 0) is 14.6 Å². The zero-order valence-corrected chi connectivity index (χ0v) is 38.6. The average molecular weight is 811 g/mol. The Bertz CT molecular complexity index is 1860. The van der Waals surface area contributed by atoms with Gasteiger partial charge in [0.05, 0.1) is 11.1 Å². The normalized spacial score (nSPS) is 12.7. The maximum absolute atomic E-state index is 11.3. The number of allylic oxidation sites excluding steroid dienone is 15. The standard InChI is InChI=1S/C22H33NO.C20H32O.C9H9NO2S/c1-18(2)9-6-10-19(3)11-7-12-20(4)13-8-14-21(5)15-22-16-23-17-24-22;1-17(2)9-6-10-18(3)11-7-12-19(4)13-8-14-20(5)15-16-21;1-8-3-5-9(6-4-8)13(11,12)7-10-2/h9,11,13,15-17H,6-8,10,12,14H2,1-5H3;9,11,13,15-16H,6-8,10,12,14H2,1-5H3;3-6H,7H2,1H3/b19-11+,20-13+,21-15+;18-11+,19-13+,20-15+;. The van der Waals surface area contributed by atoms with Crippen LogP contribution in [0, 0.1) is 13.5 Å². The highest BCUT2D eigenvalue weighted by Crippen LogP contribution is 2.16. The summed E-state index contributed by atoms with van der Waals surface area (Å²) >= 11 is 0. The van der Waals surface area contributed by atoms with E-state index in [1.165, 1.54) is 70.4 Å². The van der Waals surface area contributed by atoms with E-state index < -0.39 is 15.7 Å². The van der Waals surface area contributed by atoms with Crippen LogP contribution in [0.2, 0.25) is 0 Å². The Morgan fingerprint density at radius 3 is 1.38 bits per heavy atom. The van der Waals surface area contributed by atoms with Crippen molar-refractivity contribution in [3.8, 4) is 0 Å². The monoisotopic (exact) mass is 811 g/mol. The molecule has 2 rings (SSSR count). The molecule has 0 radical (unpaired) electrons. The molecule has 0 aliphatic rings. The summed E-state index contributed by atoms with van der Waals surface area (Å²) in [5, 5.41) is 0. The van der Waals surface area contributed by atoms with Gasteiger partial charge in [0.1, 0.15) is 12.0 Å². The van der Waals surface area contributed by atoms with Crippen LogP contribution in [0.3, 0.4) is 0 Å². The summed E-state index contributed by atoms with van der Waals surface area (Å²) in [7, 11) is -3.38. The SMILES string of the molecule is CC(C)=CCC/C(C)=C/CC/C(C)=C/CC/C(C)=C/C=O.CC(C)=CCC/C(C)=C/CC/C(C)=C/CC/C(C)=C/c1cnco1.[C-]#[N+]CS(=O)(=O)c1ccc(C)cc1. The van der Waals surface area contributed by atoms with Crippen LogP contribution in [0.4, 0.5) is 0 Å². The number of nitrogens with zero attached hydrogens (tertiary/aromatic N) is 2. The van der Waals surface area contributed by atoms with Gasteiger partial charge in [-0.1, -0.05) is 98.7 Å². The lowest BCUT2D eigenvalue weighted by Crippen LogP contribution is -2.02. The molecule has 0 fully saturated rings. The lowest BCUT2D eigenvalue weighted by Gasteiger charge is -2.02. The number of oxazole rings is 1. The highest BCUT2D eigenvalue weighted by molar-refractivity contribution is 7.91. The van der Waals surface area contributed by atoms with Gasteiger partial charge in [-0.05, 0) is 177 Å². The van der Waals surface area contributed by atoms with Gasteiger partial charge in [0, 0.05) is 0 Å². The first-order valence-corrected chi connectivity index (χ1v) is 22.3. The van der Waals surface area contributed by atoms with Gasteiger partial charge in [-0.25, -0.2) is 20.0 Å². The van der Waals surface area contributed by atoms with Gasteiger partial charge in [0.2, 0.25) is 0 Å². The van der Waals surface area contributed by atoms with Crippen molar-refractivity contribution in [3.63, 3.8) is 0 Å². The van der Waals surface area contributed by atoms with Crippen LogP contribution >= 0.6 is 0 Å². The predicted molar refractivity (Wildman–Crippen MR) is 249 cm³/mol. The molecule has 0 bridgehead atoms. The van der Waals surface area contributed by atoms with Crippen LogP contribution in [-0.4, -0.2) is 25.6 Å². The van der Waals surface area contributed by atoms with Crippen molar-refractivity contribution in [3.05, 3.63) is 147 Å². The van der Waals surface area contributed by atoms with Crippen molar-refractivity contribution in [1.82, 2.24) is 4.98 Å². The molecule has 1 aromatic heterocycles. The van der Waals surface area contributed by atoms with Crippen molar-refractivity contribution in [2.24, 2.45) is 0 Å². The molecule has 1 aromatic carbocycles. The lowest BCUT2D eigenvalue weighted by molar-refractivity contribution is -0.104. The number of carbonyl (C=O) groups is 1. The van der Waals surface area contributed by atoms with Gasteiger partial charge in [0.15, 0.2) is 6.39 Å². The zero-order valence-electron chi connectivity index (χ0n) is 37.8. The second-order valence-electron chi connectivity index (χ2n) is 15.8. The first-order chi connectivity index (χ1) is 27.5. The van der Waals surface area contributed by atoms with Gasteiger partial charge in [-0.15, -0.1) is 0 Å². The second kappa shape index (κ2) is 32.4. The number of aryl methyl sites for hydroxylation is 1. The molecule has 0 atom stereocenters. The number of hydrogen-bond donors (Lipinski definition) is 0. The smallest absolute Gasteiger partial charge is 0.316 e. The highest BCUT2D eigenvalue weighted by atomic mass is 32.2. The van der Waals surface area contributed by atoms with E-state index in [9.17, 15) is 13.2 Å². The number of aromatic nitrogens is 1. The minimum Gasteiger partial charge on any atom is -0.444 e. The topological polar surface area (TPSA) is 81.6 Å². The Kier molecular flexibility index (Phi) is 29.9. The van der Waals surface area contributed by atoms with Crippen LogP contribution in [0.15, 0.2) is 133 Å². The Hall–Kier alpha value is -4.54. The Balaban J connectivity index is 0.000000875. The summed E-state index contributed by atoms with van der Waals surface area (Å²) in [5.74, 6) is 0.359. The number of aldehydes is 1. The highest BCUT2D eigenvalue weighted by Gasteiger charge is 2.16. The van der Waals surface area contributed by atoms with E-state index in [0.717, 1.165) is 87.4 Å². The van der Waals surface area contributed by atoms with Gasteiger partial charge in [-0.2, -0.15) is 0 Å². The lowest BCUT2D eigenvalue weighted by atomic mass is 10.0. The molecule has 0 unspecified atom stereocenters. The minimum atomic E-state index is -3.38. The molecule has 0 N–H and O–H groups in total. The molecule has 2 aromatic rings. The predicted octanol–water partition coefficient (Wildman–Crippen LogP) is 15.3. The molecule has 0 aliphatic carbocycles. The molecule has 7 heteroatoms. The number of rotatable bonds is 22. The van der Waals surface area contributed by atoms with Crippen molar-refractivity contribution in [2.45, 2.75) is 158 Å². The number of benzene rings is 1. The van der Waals surface area contributed by atoms with E-state index in [1.54, 1.807) is 24.4 Å². The van der Waals surface area contributed by atoms with Crippen LogP contribution in [0.1, 0.15) is 158 Å². The molecular formula is C51H74N2O4S. The van der Waals surface area contributed by atoms with Gasteiger partial charge in [0.25, 0.3) is 9.84 Å². The molecular weight excluding hydrogens is 737 g/mol. The summed E-state index contributed by atoms with van der Waals surface area (Å²) in [5.41, 5.74) is 12.2. The summed E-state index contributed by atoms with van der Waals surface area (Å²) in [4.78, 5) is 17.3. The van der Waals surface area contributed by atoms with E-state index in [4.69, 9.17) is 11.0 Å².